The Kier molecular flexibility index (Phi) is 6.33. The first kappa shape index (κ1) is 20.3. The third-order valence-electron chi connectivity index (χ3n) is 4.88. The largest absolute Gasteiger partial charge is 0.473 e. The Hall–Kier alpha value is -3.99. The number of anilines is 3. The van der Waals surface area contributed by atoms with Crippen LogP contribution < -0.4 is 20.5 Å². The van der Waals surface area contributed by atoms with Crippen molar-refractivity contribution in [2.75, 3.05) is 11.1 Å². The number of para-hydroxylation sites is 1. The summed E-state index contributed by atoms with van der Waals surface area (Å²) in [6.07, 6.45) is 0. The molecule has 156 valence electrons. The lowest BCUT2D eigenvalue weighted by molar-refractivity contribution is 0.269. The molecule has 5 heteroatoms. The van der Waals surface area contributed by atoms with Gasteiger partial charge in [-0.25, -0.2) is 0 Å². The van der Waals surface area contributed by atoms with E-state index in [2.05, 4.69) is 10.3 Å². The van der Waals surface area contributed by atoms with E-state index < -0.39 is 0 Å². The molecule has 0 radical (unpaired) electrons. The zero-order valence-corrected chi connectivity index (χ0v) is 17.4. The molecule has 3 N–H and O–H groups in total. The van der Waals surface area contributed by atoms with E-state index in [9.17, 15) is 0 Å². The van der Waals surface area contributed by atoms with Crippen molar-refractivity contribution in [3.8, 4) is 11.8 Å². The fraction of sp³-hybridized carbons (Fsp3) is 0.115. The molecule has 1 heterocycles. The standard InChI is InChI=1S/C26H25N3O2/c1-19-9-8-14-22(25(19)27)28-23-15-16-24(30-17-20-10-4-2-5-11-20)29-26(23)31-18-21-12-6-3-7-13-21/h2-16,28H,17-18,27H2,1H3. The van der Waals surface area contributed by atoms with Gasteiger partial charge < -0.3 is 20.5 Å². The predicted molar refractivity (Wildman–Crippen MR) is 125 cm³/mol. The molecule has 0 amide bonds. The van der Waals surface area contributed by atoms with Crippen LogP contribution in [0.5, 0.6) is 11.8 Å². The van der Waals surface area contributed by atoms with Gasteiger partial charge in [-0.1, -0.05) is 72.8 Å². The van der Waals surface area contributed by atoms with Crippen LogP contribution in [0.25, 0.3) is 0 Å². The number of nitrogen functional groups attached to an aromatic ring is 1. The van der Waals surface area contributed by atoms with Crippen LogP contribution in [0, 0.1) is 6.92 Å². The predicted octanol–water partition coefficient (Wildman–Crippen LogP) is 5.87. The highest BCUT2D eigenvalue weighted by Gasteiger charge is 2.11. The molecule has 31 heavy (non-hydrogen) atoms. The van der Waals surface area contributed by atoms with Gasteiger partial charge in [0.1, 0.15) is 18.9 Å². The van der Waals surface area contributed by atoms with Crippen LogP contribution in [0.3, 0.4) is 0 Å². The van der Waals surface area contributed by atoms with Crippen LogP contribution >= 0.6 is 0 Å². The zero-order chi connectivity index (χ0) is 21.5. The smallest absolute Gasteiger partial charge is 0.241 e. The van der Waals surface area contributed by atoms with E-state index in [1.54, 1.807) is 0 Å². The molecule has 4 rings (SSSR count). The van der Waals surface area contributed by atoms with Crippen LogP contribution in [-0.4, -0.2) is 4.98 Å². The molecule has 0 saturated heterocycles. The van der Waals surface area contributed by atoms with Crippen molar-refractivity contribution in [3.63, 3.8) is 0 Å². The van der Waals surface area contributed by atoms with Crippen LogP contribution in [0.4, 0.5) is 17.1 Å². The molecular weight excluding hydrogens is 386 g/mol. The second kappa shape index (κ2) is 9.67. The first-order chi connectivity index (χ1) is 15.2. The van der Waals surface area contributed by atoms with Gasteiger partial charge in [0, 0.05) is 6.07 Å². The number of hydrogen-bond acceptors (Lipinski definition) is 5. The fourth-order valence-electron chi connectivity index (χ4n) is 3.10. The van der Waals surface area contributed by atoms with Crippen molar-refractivity contribution in [1.82, 2.24) is 4.98 Å². The fourth-order valence-corrected chi connectivity index (χ4v) is 3.10. The van der Waals surface area contributed by atoms with Gasteiger partial charge in [0.2, 0.25) is 11.8 Å². The summed E-state index contributed by atoms with van der Waals surface area (Å²) in [4.78, 5) is 4.60. The monoisotopic (exact) mass is 411 g/mol. The van der Waals surface area contributed by atoms with Gasteiger partial charge in [0.25, 0.3) is 0 Å². The van der Waals surface area contributed by atoms with Crippen LogP contribution in [-0.2, 0) is 13.2 Å². The van der Waals surface area contributed by atoms with Gasteiger partial charge in [-0.3, -0.25) is 0 Å². The Labute approximate surface area is 182 Å². The van der Waals surface area contributed by atoms with Crippen molar-refractivity contribution in [2.24, 2.45) is 0 Å². The minimum atomic E-state index is 0.397. The highest BCUT2D eigenvalue weighted by molar-refractivity contribution is 5.76. The SMILES string of the molecule is Cc1cccc(Nc2ccc(OCc3ccccc3)nc2OCc2ccccc2)c1N. The Morgan fingerprint density at radius 3 is 2.03 bits per heavy atom. The number of pyridine rings is 1. The Morgan fingerprint density at radius 1 is 0.710 bits per heavy atom. The van der Waals surface area contributed by atoms with E-state index in [0.29, 0.717) is 30.7 Å². The van der Waals surface area contributed by atoms with Gasteiger partial charge in [-0.2, -0.15) is 4.98 Å². The Balaban J connectivity index is 1.57. The lowest BCUT2D eigenvalue weighted by Gasteiger charge is -2.16. The second-order valence-corrected chi connectivity index (χ2v) is 7.21. The van der Waals surface area contributed by atoms with Crippen molar-refractivity contribution in [2.45, 2.75) is 20.1 Å². The number of nitrogens with zero attached hydrogens (tertiary/aromatic N) is 1. The van der Waals surface area contributed by atoms with E-state index in [0.717, 1.165) is 28.1 Å². The molecule has 1 aromatic heterocycles. The average Bonchev–Trinajstić information content (AvgIpc) is 2.81. The molecule has 0 aliphatic carbocycles. The molecule has 0 aliphatic heterocycles. The normalized spacial score (nSPS) is 10.5. The highest BCUT2D eigenvalue weighted by Crippen LogP contribution is 2.32. The molecule has 0 spiro atoms. The second-order valence-electron chi connectivity index (χ2n) is 7.21. The van der Waals surface area contributed by atoms with E-state index >= 15 is 0 Å². The van der Waals surface area contributed by atoms with E-state index in [-0.39, 0.29) is 0 Å². The summed E-state index contributed by atoms with van der Waals surface area (Å²) in [6.45, 7) is 2.81. The summed E-state index contributed by atoms with van der Waals surface area (Å²) < 4.78 is 12.0. The van der Waals surface area contributed by atoms with E-state index in [1.165, 1.54) is 0 Å². The van der Waals surface area contributed by atoms with E-state index in [4.69, 9.17) is 15.2 Å². The summed E-state index contributed by atoms with van der Waals surface area (Å²) in [5.41, 5.74) is 11.6. The number of ether oxygens (including phenoxy) is 2. The number of rotatable bonds is 8. The number of nitrogens with one attached hydrogen (secondary N) is 1. The molecule has 0 bridgehead atoms. The minimum absolute atomic E-state index is 0.397. The molecule has 3 aromatic carbocycles. The summed E-state index contributed by atoms with van der Waals surface area (Å²) in [7, 11) is 0. The molecule has 0 saturated carbocycles. The third-order valence-corrected chi connectivity index (χ3v) is 4.88. The molecule has 5 nitrogen and oxygen atoms in total. The first-order valence-corrected chi connectivity index (χ1v) is 10.2. The molecule has 0 unspecified atom stereocenters. The maximum absolute atomic E-state index is 6.24. The topological polar surface area (TPSA) is 69.4 Å². The Bertz CT molecular complexity index is 1130. The maximum atomic E-state index is 6.24. The summed E-state index contributed by atoms with van der Waals surface area (Å²) in [6, 6.07) is 29.6. The molecule has 0 aliphatic rings. The van der Waals surface area contributed by atoms with Crippen LogP contribution in [0.1, 0.15) is 16.7 Å². The van der Waals surface area contributed by atoms with Gasteiger partial charge in [-0.15, -0.1) is 0 Å². The first-order valence-electron chi connectivity index (χ1n) is 10.2. The summed E-state index contributed by atoms with van der Waals surface area (Å²) in [5.74, 6) is 0.949. The zero-order valence-electron chi connectivity index (χ0n) is 17.4. The number of aromatic nitrogens is 1. The average molecular weight is 412 g/mol. The highest BCUT2D eigenvalue weighted by atomic mass is 16.5. The number of benzene rings is 3. The van der Waals surface area contributed by atoms with Gasteiger partial charge >= 0.3 is 0 Å². The van der Waals surface area contributed by atoms with Crippen LogP contribution in [0.2, 0.25) is 0 Å². The quantitative estimate of drug-likeness (QED) is 0.355. The molecular formula is C26H25N3O2. The van der Waals surface area contributed by atoms with Gasteiger partial charge in [0.15, 0.2) is 0 Å². The van der Waals surface area contributed by atoms with Crippen molar-refractivity contribution < 1.29 is 9.47 Å². The summed E-state index contributed by atoms with van der Waals surface area (Å²) >= 11 is 0. The lowest BCUT2D eigenvalue weighted by Crippen LogP contribution is -2.05. The van der Waals surface area contributed by atoms with Crippen molar-refractivity contribution in [1.29, 1.82) is 0 Å². The number of hydrogen-bond donors (Lipinski definition) is 2. The van der Waals surface area contributed by atoms with Crippen molar-refractivity contribution >= 4 is 17.1 Å². The molecule has 4 aromatic rings. The lowest BCUT2D eigenvalue weighted by atomic mass is 10.1. The molecule has 0 fully saturated rings. The molecule has 0 atom stereocenters. The van der Waals surface area contributed by atoms with Gasteiger partial charge in [0.05, 0.1) is 11.4 Å². The number of aryl methyl sites for hydroxylation is 1. The minimum Gasteiger partial charge on any atom is -0.473 e. The van der Waals surface area contributed by atoms with Gasteiger partial charge in [-0.05, 0) is 35.7 Å². The van der Waals surface area contributed by atoms with Crippen LogP contribution in [0.15, 0.2) is 91.0 Å². The van der Waals surface area contributed by atoms with E-state index in [1.807, 2.05) is 97.9 Å². The summed E-state index contributed by atoms with van der Waals surface area (Å²) in [5, 5.41) is 3.35. The number of nitrogens with two attached hydrogens (primary N) is 1. The van der Waals surface area contributed by atoms with Crippen molar-refractivity contribution in [3.05, 3.63) is 108 Å². The maximum Gasteiger partial charge on any atom is 0.241 e. The Morgan fingerprint density at radius 2 is 1.35 bits per heavy atom. The third kappa shape index (κ3) is 5.34.